The molecule has 0 aliphatic rings. The predicted molar refractivity (Wildman–Crippen MR) is 91.3 cm³/mol. The highest BCUT2D eigenvalue weighted by molar-refractivity contribution is 7.98. The highest BCUT2D eigenvalue weighted by Gasteiger charge is 2.13. The Kier molecular flexibility index (Phi) is 4.28. The van der Waals surface area contributed by atoms with Gasteiger partial charge < -0.3 is 4.52 Å². The fraction of sp³-hybridized carbons (Fsp3) is 0.0714. The number of thiophene rings is 1. The monoisotopic (exact) mass is 376 g/mol. The van der Waals surface area contributed by atoms with Gasteiger partial charge >= 0.3 is 0 Å². The van der Waals surface area contributed by atoms with Gasteiger partial charge in [-0.3, -0.25) is 0 Å². The number of hydrogen-bond donors (Lipinski definition) is 0. The van der Waals surface area contributed by atoms with Crippen LogP contribution in [0.4, 0.5) is 0 Å². The first-order chi connectivity index (χ1) is 11.8. The van der Waals surface area contributed by atoms with Gasteiger partial charge in [-0.05, 0) is 46.1 Å². The summed E-state index contributed by atoms with van der Waals surface area (Å²) in [5.74, 6) is 1.60. The number of aromatic nitrogens is 6. The van der Waals surface area contributed by atoms with Crippen LogP contribution in [0.15, 0.2) is 51.5 Å². The number of rotatable bonds is 5. The summed E-state index contributed by atoms with van der Waals surface area (Å²) in [5.41, 5.74) is 0.830. The molecular weight excluding hydrogens is 368 g/mol. The quantitative estimate of drug-likeness (QED) is 0.491. The second kappa shape index (κ2) is 6.71. The average molecular weight is 377 g/mol. The Labute approximate surface area is 149 Å². The molecule has 0 bridgehead atoms. The number of halogens is 1. The first-order valence-corrected chi connectivity index (χ1v) is 9.07. The maximum Gasteiger partial charge on any atom is 0.237 e. The Hall–Kier alpha value is -2.23. The molecule has 0 unspecified atom stereocenters. The molecule has 0 aliphatic heterocycles. The van der Waals surface area contributed by atoms with E-state index >= 15 is 0 Å². The predicted octanol–water partition coefficient (Wildman–Crippen LogP) is 3.72. The number of benzene rings is 1. The Morgan fingerprint density at radius 2 is 2.08 bits per heavy atom. The van der Waals surface area contributed by atoms with Gasteiger partial charge in [0.15, 0.2) is 0 Å². The molecule has 0 aliphatic carbocycles. The highest BCUT2D eigenvalue weighted by Crippen LogP contribution is 2.25. The lowest BCUT2D eigenvalue weighted by molar-refractivity contribution is 0.391. The first kappa shape index (κ1) is 15.3. The number of hydrogen-bond acceptors (Lipinski definition) is 8. The molecule has 3 aromatic heterocycles. The molecule has 1 aromatic carbocycles. The summed E-state index contributed by atoms with van der Waals surface area (Å²) in [6, 6.07) is 11.2. The van der Waals surface area contributed by atoms with E-state index < -0.39 is 0 Å². The number of thioether (sulfide) groups is 1. The van der Waals surface area contributed by atoms with Crippen molar-refractivity contribution in [3.8, 4) is 16.4 Å². The van der Waals surface area contributed by atoms with Gasteiger partial charge in [-0.15, -0.1) is 16.4 Å². The molecule has 0 fully saturated rings. The lowest BCUT2D eigenvalue weighted by atomic mass is 10.3. The molecule has 7 nitrogen and oxygen atoms in total. The van der Waals surface area contributed by atoms with E-state index in [0.717, 1.165) is 10.6 Å². The van der Waals surface area contributed by atoms with E-state index in [-0.39, 0.29) is 0 Å². The maximum absolute atomic E-state index is 5.91. The van der Waals surface area contributed by atoms with Gasteiger partial charge in [0.05, 0.1) is 16.3 Å². The molecular formula is C14H9ClN6OS2. The van der Waals surface area contributed by atoms with E-state index in [9.17, 15) is 0 Å². The van der Waals surface area contributed by atoms with Crippen molar-refractivity contribution in [1.82, 2.24) is 30.3 Å². The third-order valence-electron chi connectivity index (χ3n) is 3.05. The second-order valence-corrected chi connectivity index (χ2v) is 6.95. The molecule has 24 heavy (non-hydrogen) atoms. The zero-order chi connectivity index (χ0) is 16.4. The second-order valence-electron chi connectivity index (χ2n) is 4.63. The van der Waals surface area contributed by atoms with E-state index in [1.807, 2.05) is 29.6 Å². The normalized spacial score (nSPS) is 11.0. The first-order valence-electron chi connectivity index (χ1n) is 6.83. The van der Waals surface area contributed by atoms with Crippen LogP contribution < -0.4 is 0 Å². The van der Waals surface area contributed by atoms with Gasteiger partial charge in [0, 0.05) is 5.02 Å². The minimum atomic E-state index is 0.479. The number of nitrogens with zero attached hydrogens (tertiary/aromatic N) is 6. The van der Waals surface area contributed by atoms with E-state index in [0.29, 0.717) is 27.6 Å². The standard InChI is InChI=1S/C14H9ClN6OS2/c15-9-3-5-10(6-4-9)21-14(17-19-20-21)24-8-12-16-13(18-22-12)11-2-1-7-23-11/h1-7H,8H2. The maximum atomic E-state index is 5.91. The molecule has 0 N–H and O–H groups in total. The summed E-state index contributed by atoms with van der Waals surface area (Å²) >= 11 is 8.89. The van der Waals surface area contributed by atoms with Crippen LogP contribution in [0.2, 0.25) is 5.02 Å². The van der Waals surface area contributed by atoms with Crippen LogP contribution in [0.3, 0.4) is 0 Å². The van der Waals surface area contributed by atoms with Crippen LogP contribution in [0.1, 0.15) is 5.89 Å². The molecule has 0 spiro atoms. The molecule has 3 heterocycles. The third kappa shape index (κ3) is 3.18. The van der Waals surface area contributed by atoms with Gasteiger partial charge in [0.1, 0.15) is 0 Å². The third-order valence-corrected chi connectivity index (χ3v) is 5.07. The summed E-state index contributed by atoms with van der Waals surface area (Å²) in [4.78, 5) is 5.36. The molecule has 120 valence electrons. The smallest absolute Gasteiger partial charge is 0.237 e. The van der Waals surface area contributed by atoms with Gasteiger partial charge in [0.2, 0.25) is 16.9 Å². The zero-order valence-electron chi connectivity index (χ0n) is 12.0. The van der Waals surface area contributed by atoms with Crippen LogP contribution in [0.25, 0.3) is 16.4 Å². The fourth-order valence-corrected chi connectivity index (χ4v) is 3.46. The minimum Gasteiger partial charge on any atom is -0.338 e. The fourth-order valence-electron chi connectivity index (χ4n) is 1.96. The van der Waals surface area contributed by atoms with Crippen molar-refractivity contribution >= 4 is 34.7 Å². The highest BCUT2D eigenvalue weighted by atomic mass is 35.5. The van der Waals surface area contributed by atoms with Gasteiger partial charge in [-0.2, -0.15) is 9.67 Å². The molecule has 0 saturated heterocycles. The molecule has 0 amide bonds. The van der Waals surface area contributed by atoms with Gasteiger partial charge in [-0.1, -0.05) is 34.6 Å². The summed E-state index contributed by atoms with van der Waals surface area (Å²) in [6.45, 7) is 0. The average Bonchev–Trinajstić information content (AvgIpc) is 3.34. The SMILES string of the molecule is Clc1ccc(-n2nnnc2SCc2nc(-c3cccs3)no2)cc1. The van der Waals surface area contributed by atoms with Crippen molar-refractivity contribution in [2.75, 3.05) is 0 Å². The Morgan fingerprint density at radius 1 is 1.21 bits per heavy atom. The molecule has 0 atom stereocenters. The topological polar surface area (TPSA) is 82.5 Å². The van der Waals surface area contributed by atoms with E-state index in [1.165, 1.54) is 11.8 Å². The summed E-state index contributed by atoms with van der Waals surface area (Å²) in [5, 5.41) is 19.0. The molecule has 10 heteroatoms. The van der Waals surface area contributed by atoms with Gasteiger partial charge in [0.25, 0.3) is 0 Å². The van der Waals surface area contributed by atoms with E-state index in [4.69, 9.17) is 16.1 Å². The lowest BCUT2D eigenvalue weighted by Gasteiger charge is -2.02. The summed E-state index contributed by atoms with van der Waals surface area (Å²) < 4.78 is 6.91. The number of tetrazole rings is 1. The van der Waals surface area contributed by atoms with Crippen molar-refractivity contribution in [1.29, 1.82) is 0 Å². The van der Waals surface area contributed by atoms with E-state index in [2.05, 4.69) is 25.7 Å². The van der Waals surface area contributed by atoms with Crippen molar-refractivity contribution in [2.24, 2.45) is 0 Å². The Morgan fingerprint density at radius 3 is 2.88 bits per heavy atom. The van der Waals surface area contributed by atoms with Crippen LogP contribution >= 0.6 is 34.7 Å². The Bertz CT molecular complexity index is 935. The van der Waals surface area contributed by atoms with Crippen molar-refractivity contribution in [2.45, 2.75) is 10.9 Å². The van der Waals surface area contributed by atoms with Crippen LogP contribution in [-0.4, -0.2) is 30.3 Å². The zero-order valence-corrected chi connectivity index (χ0v) is 14.4. The molecule has 4 rings (SSSR count). The molecule has 4 aromatic rings. The van der Waals surface area contributed by atoms with Crippen molar-refractivity contribution < 1.29 is 4.52 Å². The van der Waals surface area contributed by atoms with Crippen LogP contribution in [-0.2, 0) is 5.75 Å². The van der Waals surface area contributed by atoms with Gasteiger partial charge in [-0.25, -0.2) is 0 Å². The Balaban J connectivity index is 1.49. The molecule has 0 saturated carbocycles. The van der Waals surface area contributed by atoms with Crippen LogP contribution in [0, 0.1) is 0 Å². The summed E-state index contributed by atoms with van der Waals surface area (Å²) in [6.07, 6.45) is 0. The van der Waals surface area contributed by atoms with Crippen molar-refractivity contribution in [3.05, 3.63) is 52.7 Å². The van der Waals surface area contributed by atoms with Crippen LogP contribution in [0.5, 0.6) is 0 Å². The largest absolute Gasteiger partial charge is 0.338 e. The lowest BCUT2D eigenvalue weighted by Crippen LogP contribution is -1.98. The van der Waals surface area contributed by atoms with Crippen molar-refractivity contribution in [3.63, 3.8) is 0 Å². The molecule has 0 radical (unpaired) electrons. The minimum absolute atomic E-state index is 0.479. The van der Waals surface area contributed by atoms with E-state index in [1.54, 1.807) is 28.2 Å². The summed E-state index contributed by atoms with van der Waals surface area (Å²) in [7, 11) is 0.